The van der Waals surface area contributed by atoms with Crippen molar-refractivity contribution in [3.8, 4) is 5.75 Å². The normalized spacial score (nSPS) is 15.8. The second kappa shape index (κ2) is 14.1. The summed E-state index contributed by atoms with van der Waals surface area (Å²) in [6.07, 6.45) is 2.38. The quantitative estimate of drug-likeness (QED) is 0.223. The van der Waals surface area contributed by atoms with E-state index < -0.39 is 24.0 Å². The maximum atomic E-state index is 13.9. The first-order valence-corrected chi connectivity index (χ1v) is 14.5. The van der Waals surface area contributed by atoms with Gasteiger partial charge in [0.25, 0.3) is 0 Å². The Bertz CT molecular complexity index is 1390. The molecule has 4 rings (SSSR count). The van der Waals surface area contributed by atoms with E-state index in [1.165, 1.54) is 0 Å². The van der Waals surface area contributed by atoms with E-state index in [4.69, 9.17) is 11.5 Å². The number of aryl methyl sites for hydroxylation is 2. The molecular weight excluding hydrogens is 530 g/mol. The van der Waals surface area contributed by atoms with Gasteiger partial charge in [0.1, 0.15) is 17.8 Å². The van der Waals surface area contributed by atoms with Gasteiger partial charge in [-0.15, -0.1) is 0 Å². The van der Waals surface area contributed by atoms with Crippen molar-refractivity contribution in [3.05, 3.63) is 94.5 Å². The Kier molecular flexibility index (Phi) is 10.3. The van der Waals surface area contributed by atoms with Crippen molar-refractivity contribution in [2.75, 3.05) is 11.9 Å². The van der Waals surface area contributed by atoms with Crippen LogP contribution in [0.25, 0.3) is 0 Å². The second-order valence-corrected chi connectivity index (χ2v) is 11.0. The van der Waals surface area contributed by atoms with Gasteiger partial charge in [0.2, 0.25) is 17.7 Å². The summed E-state index contributed by atoms with van der Waals surface area (Å²) in [6.45, 7) is 4.47. The van der Waals surface area contributed by atoms with Gasteiger partial charge < -0.3 is 32.1 Å². The number of carbonyl (C=O) groups is 3. The van der Waals surface area contributed by atoms with Gasteiger partial charge in [-0.2, -0.15) is 0 Å². The molecule has 7 N–H and O–H groups in total. The molecule has 0 saturated heterocycles. The minimum absolute atomic E-state index is 0.162. The Morgan fingerprint density at radius 3 is 2.29 bits per heavy atom. The molecule has 42 heavy (non-hydrogen) atoms. The lowest BCUT2D eigenvalue weighted by molar-refractivity contribution is -0.143. The molecule has 0 radical (unpaired) electrons. The number of hydrogen-bond donors (Lipinski definition) is 5. The fourth-order valence-electron chi connectivity index (χ4n) is 5.58. The first-order chi connectivity index (χ1) is 20.2. The molecule has 1 aliphatic rings. The maximum Gasteiger partial charge on any atom is 0.246 e. The van der Waals surface area contributed by atoms with Crippen molar-refractivity contribution < 1.29 is 19.5 Å². The molecule has 1 heterocycles. The van der Waals surface area contributed by atoms with Gasteiger partial charge >= 0.3 is 0 Å². The molecule has 0 spiro atoms. The highest BCUT2D eigenvalue weighted by molar-refractivity contribution is 5.98. The third-order valence-electron chi connectivity index (χ3n) is 7.88. The number of phenolic OH excluding ortho intramolecular Hbond substituents is 1. The van der Waals surface area contributed by atoms with Crippen LogP contribution in [0.4, 0.5) is 5.69 Å². The van der Waals surface area contributed by atoms with Crippen molar-refractivity contribution in [3.63, 3.8) is 0 Å². The maximum absolute atomic E-state index is 13.9. The van der Waals surface area contributed by atoms with E-state index in [1.807, 2.05) is 56.3 Å². The molecule has 0 saturated carbocycles. The number of amides is 3. The fraction of sp³-hybridized carbons (Fsp3) is 0.364. The van der Waals surface area contributed by atoms with E-state index in [0.29, 0.717) is 31.5 Å². The lowest BCUT2D eigenvalue weighted by atomic mass is 9.91. The highest BCUT2D eigenvalue weighted by Crippen LogP contribution is 2.26. The Hall–Kier alpha value is -4.21. The predicted octanol–water partition coefficient (Wildman–Crippen LogP) is 3.08. The molecule has 3 atom stereocenters. The molecule has 9 heteroatoms. The van der Waals surface area contributed by atoms with E-state index in [2.05, 4.69) is 10.6 Å². The number of para-hydroxylation sites is 1. The average Bonchev–Trinajstić information content (AvgIpc) is 2.97. The number of carbonyl (C=O) groups excluding carboxylic acids is 3. The van der Waals surface area contributed by atoms with Crippen LogP contribution < -0.4 is 22.1 Å². The zero-order valence-corrected chi connectivity index (χ0v) is 24.3. The van der Waals surface area contributed by atoms with Crippen LogP contribution in [0.2, 0.25) is 0 Å². The van der Waals surface area contributed by atoms with Gasteiger partial charge in [0, 0.05) is 18.7 Å². The van der Waals surface area contributed by atoms with Gasteiger partial charge in [0.15, 0.2) is 0 Å². The van der Waals surface area contributed by atoms with Crippen molar-refractivity contribution in [2.45, 2.75) is 70.6 Å². The van der Waals surface area contributed by atoms with E-state index >= 15 is 0 Å². The molecule has 222 valence electrons. The zero-order chi connectivity index (χ0) is 30.2. The minimum Gasteiger partial charge on any atom is -0.508 e. The number of hydrogen-bond acceptors (Lipinski definition) is 6. The molecular formula is C33H41N5O4. The van der Waals surface area contributed by atoms with E-state index in [1.54, 1.807) is 29.2 Å². The number of phenols is 1. The average molecular weight is 572 g/mol. The molecule has 3 amide bonds. The zero-order valence-electron chi connectivity index (χ0n) is 24.3. The third kappa shape index (κ3) is 7.54. The van der Waals surface area contributed by atoms with Gasteiger partial charge in [-0.3, -0.25) is 14.4 Å². The first kappa shape index (κ1) is 30.7. The summed E-state index contributed by atoms with van der Waals surface area (Å²) in [5.74, 6) is -0.904. The Morgan fingerprint density at radius 1 is 0.976 bits per heavy atom. The van der Waals surface area contributed by atoms with Crippen LogP contribution in [0, 0.1) is 13.8 Å². The molecule has 2 unspecified atom stereocenters. The van der Waals surface area contributed by atoms with Crippen LogP contribution in [0.15, 0.2) is 66.7 Å². The topological polar surface area (TPSA) is 151 Å². The summed E-state index contributed by atoms with van der Waals surface area (Å²) >= 11 is 0. The van der Waals surface area contributed by atoms with Gasteiger partial charge in [-0.25, -0.2) is 0 Å². The SMILES string of the molecule is Cc1cc(O)cc(C)c1CC(N)C(=O)N1Cc2ccccc2CC1C(=O)N[C@@H](CCCCN)C(=O)Nc1ccccc1. The Balaban J connectivity index is 1.56. The smallest absolute Gasteiger partial charge is 0.246 e. The summed E-state index contributed by atoms with van der Waals surface area (Å²) in [5.41, 5.74) is 17.3. The third-order valence-corrected chi connectivity index (χ3v) is 7.88. The van der Waals surface area contributed by atoms with Gasteiger partial charge in [0.05, 0.1) is 6.04 Å². The van der Waals surface area contributed by atoms with Crippen LogP contribution in [-0.2, 0) is 33.8 Å². The number of unbranched alkanes of at least 4 members (excludes halogenated alkanes) is 1. The number of aromatic hydroxyl groups is 1. The molecule has 0 bridgehead atoms. The lowest BCUT2D eigenvalue weighted by Gasteiger charge is -2.38. The number of rotatable bonds is 11. The summed E-state index contributed by atoms with van der Waals surface area (Å²) < 4.78 is 0. The number of nitrogens with one attached hydrogen (secondary N) is 2. The molecule has 0 aromatic heterocycles. The number of nitrogens with two attached hydrogens (primary N) is 2. The highest BCUT2D eigenvalue weighted by atomic mass is 16.3. The van der Waals surface area contributed by atoms with Gasteiger partial charge in [-0.1, -0.05) is 42.5 Å². The number of fused-ring (bicyclic) bond motifs is 1. The Labute approximate surface area is 247 Å². The summed E-state index contributed by atoms with van der Waals surface area (Å²) in [4.78, 5) is 42.5. The molecule has 0 aliphatic carbocycles. The first-order valence-electron chi connectivity index (χ1n) is 14.5. The van der Waals surface area contributed by atoms with Gasteiger partial charge in [-0.05, 0) is 98.2 Å². The largest absolute Gasteiger partial charge is 0.508 e. The lowest BCUT2D eigenvalue weighted by Crippen LogP contribution is -2.58. The summed E-state index contributed by atoms with van der Waals surface area (Å²) in [7, 11) is 0. The number of benzene rings is 3. The molecule has 0 fully saturated rings. The molecule has 9 nitrogen and oxygen atoms in total. The predicted molar refractivity (Wildman–Crippen MR) is 164 cm³/mol. The fourth-order valence-corrected chi connectivity index (χ4v) is 5.58. The van der Waals surface area contributed by atoms with E-state index in [9.17, 15) is 19.5 Å². The standard InChI is InChI=1S/C33H41N5O4/c1-21-16-26(39)17-22(2)27(21)19-28(35)33(42)38-20-24-11-7-6-10-23(24)18-30(38)32(41)37-29(14-8-9-15-34)31(40)36-25-12-4-3-5-13-25/h3-7,10-13,16-17,28-30,39H,8-9,14-15,18-20,34-35H2,1-2H3,(H,36,40)(H,37,41)/t28?,29-,30?/m0/s1. The van der Waals surface area contributed by atoms with Crippen LogP contribution >= 0.6 is 0 Å². The monoisotopic (exact) mass is 571 g/mol. The summed E-state index contributed by atoms with van der Waals surface area (Å²) in [6, 6.07) is 17.6. The second-order valence-electron chi connectivity index (χ2n) is 11.0. The minimum atomic E-state index is -0.894. The molecule has 3 aromatic rings. The van der Waals surface area contributed by atoms with Crippen molar-refractivity contribution >= 4 is 23.4 Å². The van der Waals surface area contributed by atoms with Crippen LogP contribution in [-0.4, -0.2) is 52.4 Å². The molecule has 3 aromatic carbocycles. The van der Waals surface area contributed by atoms with Crippen molar-refractivity contribution in [2.24, 2.45) is 11.5 Å². The van der Waals surface area contributed by atoms with E-state index in [0.717, 1.165) is 34.2 Å². The van der Waals surface area contributed by atoms with Crippen LogP contribution in [0.3, 0.4) is 0 Å². The van der Waals surface area contributed by atoms with E-state index in [-0.39, 0.29) is 30.5 Å². The number of anilines is 1. The van der Waals surface area contributed by atoms with Crippen molar-refractivity contribution in [1.29, 1.82) is 0 Å². The Morgan fingerprint density at radius 2 is 1.62 bits per heavy atom. The highest BCUT2D eigenvalue weighted by Gasteiger charge is 2.38. The summed E-state index contributed by atoms with van der Waals surface area (Å²) in [5, 5.41) is 15.8. The number of nitrogens with zero attached hydrogens (tertiary/aromatic N) is 1. The van der Waals surface area contributed by atoms with Crippen LogP contribution in [0.5, 0.6) is 5.75 Å². The molecule has 1 aliphatic heterocycles. The van der Waals surface area contributed by atoms with Crippen molar-refractivity contribution in [1.82, 2.24) is 10.2 Å². The van der Waals surface area contributed by atoms with Crippen LogP contribution in [0.1, 0.15) is 47.1 Å².